The highest BCUT2D eigenvalue weighted by molar-refractivity contribution is 7.18. The van der Waals surface area contributed by atoms with E-state index in [-0.39, 0.29) is 11.9 Å². The van der Waals surface area contributed by atoms with E-state index in [0.717, 1.165) is 34.8 Å². The largest absolute Gasteiger partial charge is 0.354 e. The van der Waals surface area contributed by atoms with Crippen LogP contribution in [0.5, 0.6) is 0 Å². The molecule has 4 aliphatic carbocycles. The Labute approximate surface area is 171 Å². The van der Waals surface area contributed by atoms with E-state index >= 15 is 0 Å². The monoisotopic (exact) mass is 397 g/mol. The van der Waals surface area contributed by atoms with Gasteiger partial charge in [0.2, 0.25) is 5.91 Å². The fourth-order valence-electron chi connectivity index (χ4n) is 6.47. The lowest BCUT2D eigenvalue weighted by Gasteiger charge is -2.56. The van der Waals surface area contributed by atoms with Crippen molar-refractivity contribution in [1.82, 2.24) is 15.2 Å². The standard InChI is InChI=1S/C23H31N3OS/c1-15(22-25-19-5-3-4-6-20(19)28-22)26(2)13-21(27)24-14-23-10-16-7-17(11-23)9-18(8-16)12-23/h3-6,15-18H,7-14H2,1-2H3,(H,24,27)/t15-,16?,17?,18?,23?/m1/s1. The number of para-hydroxylation sites is 1. The van der Waals surface area contributed by atoms with Crippen LogP contribution in [0.4, 0.5) is 0 Å². The molecule has 0 saturated heterocycles. The number of benzene rings is 1. The molecule has 5 heteroatoms. The Morgan fingerprint density at radius 2 is 1.86 bits per heavy atom. The fourth-order valence-corrected chi connectivity index (χ4v) is 7.55. The highest BCUT2D eigenvalue weighted by atomic mass is 32.1. The molecule has 1 heterocycles. The summed E-state index contributed by atoms with van der Waals surface area (Å²) in [5.41, 5.74) is 1.45. The Hall–Kier alpha value is -1.46. The Bertz CT molecular complexity index is 807. The zero-order valence-electron chi connectivity index (χ0n) is 17.0. The van der Waals surface area contributed by atoms with Crippen LogP contribution in [0, 0.1) is 23.2 Å². The van der Waals surface area contributed by atoms with Crippen molar-refractivity contribution in [2.75, 3.05) is 20.1 Å². The smallest absolute Gasteiger partial charge is 0.234 e. The molecule has 4 saturated carbocycles. The highest BCUT2D eigenvalue weighted by Gasteiger charge is 2.50. The number of nitrogens with one attached hydrogen (secondary N) is 1. The van der Waals surface area contributed by atoms with E-state index in [4.69, 9.17) is 4.98 Å². The van der Waals surface area contributed by atoms with Gasteiger partial charge in [0.1, 0.15) is 5.01 Å². The average molecular weight is 398 g/mol. The molecule has 1 aromatic heterocycles. The van der Waals surface area contributed by atoms with Gasteiger partial charge in [0.25, 0.3) is 0 Å². The van der Waals surface area contributed by atoms with Gasteiger partial charge in [0, 0.05) is 6.54 Å². The number of thiazole rings is 1. The molecular weight excluding hydrogens is 366 g/mol. The van der Waals surface area contributed by atoms with Gasteiger partial charge in [0.05, 0.1) is 22.8 Å². The van der Waals surface area contributed by atoms with Crippen molar-refractivity contribution in [3.63, 3.8) is 0 Å². The molecule has 6 rings (SSSR count). The molecule has 150 valence electrons. The van der Waals surface area contributed by atoms with Gasteiger partial charge in [0.15, 0.2) is 0 Å². The van der Waals surface area contributed by atoms with Crippen molar-refractivity contribution in [1.29, 1.82) is 0 Å². The van der Waals surface area contributed by atoms with Crippen LogP contribution in [0.25, 0.3) is 10.2 Å². The van der Waals surface area contributed by atoms with E-state index in [1.165, 1.54) is 43.2 Å². The number of likely N-dealkylation sites (N-methyl/N-ethyl adjacent to an activating group) is 1. The summed E-state index contributed by atoms with van der Waals surface area (Å²) in [7, 11) is 2.03. The van der Waals surface area contributed by atoms with Crippen LogP contribution in [0.3, 0.4) is 0 Å². The number of fused-ring (bicyclic) bond motifs is 1. The molecule has 0 radical (unpaired) electrons. The van der Waals surface area contributed by atoms with Crippen LogP contribution in [0.1, 0.15) is 56.5 Å². The van der Waals surface area contributed by atoms with Gasteiger partial charge in [-0.3, -0.25) is 9.69 Å². The summed E-state index contributed by atoms with van der Waals surface area (Å²) in [6.07, 6.45) is 8.40. The summed E-state index contributed by atoms with van der Waals surface area (Å²) in [4.78, 5) is 19.6. The van der Waals surface area contributed by atoms with Gasteiger partial charge in [-0.1, -0.05) is 12.1 Å². The molecular formula is C23H31N3OS. The van der Waals surface area contributed by atoms with Crippen LogP contribution in [0.15, 0.2) is 24.3 Å². The third-order valence-corrected chi connectivity index (χ3v) is 8.75. The molecule has 28 heavy (non-hydrogen) atoms. The van der Waals surface area contributed by atoms with Gasteiger partial charge in [-0.2, -0.15) is 0 Å². The van der Waals surface area contributed by atoms with Crippen LogP contribution in [0.2, 0.25) is 0 Å². The minimum Gasteiger partial charge on any atom is -0.354 e. The number of amides is 1. The van der Waals surface area contributed by atoms with Gasteiger partial charge in [-0.15, -0.1) is 11.3 Å². The number of hydrogen-bond acceptors (Lipinski definition) is 4. The molecule has 4 bridgehead atoms. The van der Waals surface area contributed by atoms with E-state index in [0.29, 0.717) is 12.0 Å². The SMILES string of the molecule is C[C@H](c1nc2ccccc2s1)N(C)CC(=O)NCC12CC3CC(CC(C3)C1)C2. The maximum Gasteiger partial charge on any atom is 0.234 e. The minimum absolute atomic E-state index is 0.141. The second-order valence-corrected chi connectivity index (χ2v) is 10.9. The van der Waals surface area contributed by atoms with Gasteiger partial charge >= 0.3 is 0 Å². The molecule has 4 fully saturated rings. The van der Waals surface area contributed by atoms with Crippen molar-refractivity contribution < 1.29 is 4.79 Å². The summed E-state index contributed by atoms with van der Waals surface area (Å²) >= 11 is 1.73. The number of carbonyl (C=O) groups excluding carboxylic acids is 1. The molecule has 0 aliphatic heterocycles. The molecule has 1 atom stereocenters. The molecule has 2 aromatic rings. The van der Waals surface area contributed by atoms with Crippen LogP contribution >= 0.6 is 11.3 Å². The summed E-state index contributed by atoms with van der Waals surface area (Å²) in [6, 6.07) is 8.39. The summed E-state index contributed by atoms with van der Waals surface area (Å²) in [6.45, 7) is 3.46. The third kappa shape index (κ3) is 3.48. The molecule has 1 aromatic carbocycles. The Morgan fingerprint density at radius 3 is 2.50 bits per heavy atom. The van der Waals surface area contributed by atoms with Crippen LogP contribution in [-0.2, 0) is 4.79 Å². The third-order valence-electron chi connectivity index (χ3n) is 7.55. The van der Waals surface area contributed by atoms with E-state index in [1.807, 2.05) is 13.1 Å². The van der Waals surface area contributed by atoms with Crippen LogP contribution < -0.4 is 5.32 Å². The first-order valence-electron chi connectivity index (χ1n) is 10.8. The van der Waals surface area contributed by atoms with E-state index < -0.39 is 0 Å². The zero-order chi connectivity index (χ0) is 19.3. The number of hydrogen-bond donors (Lipinski definition) is 1. The number of nitrogens with zero attached hydrogens (tertiary/aromatic N) is 2. The van der Waals surface area contributed by atoms with Crippen LogP contribution in [-0.4, -0.2) is 35.9 Å². The quantitative estimate of drug-likeness (QED) is 0.773. The maximum atomic E-state index is 12.7. The first-order chi connectivity index (χ1) is 13.5. The molecule has 1 amide bonds. The van der Waals surface area contributed by atoms with Crippen molar-refractivity contribution in [2.24, 2.45) is 23.2 Å². The first-order valence-corrected chi connectivity index (χ1v) is 11.6. The predicted octanol–water partition coefficient (Wildman–Crippen LogP) is 4.62. The van der Waals surface area contributed by atoms with Crippen molar-refractivity contribution >= 4 is 27.5 Å². The molecule has 1 N–H and O–H groups in total. The Morgan fingerprint density at radius 1 is 1.21 bits per heavy atom. The lowest BCUT2D eigenvalue weighted by atomic mass is 9.49. The topological polar surface area (TPSA) is 45.2 Å². The van der Waals surface area contributed by atoms with E-state index in [9.17, 15) is 4.79 Å². The average Bonchev–Trinajstić information content (AvgIpc) is 3.09. The minimum atomic E-state index is 0.141. The predicted molar refractivity (Wildman–Crippen MR) is 114 cm³/mol. The second-order valence-electron chi connectivity index (χ2n) is 9.81. The number of aromatic nitrogens is 1. The lowest BCUT2D eigenvalue weighted by Crippen LogP contribution is -2.52. The zero-order valence-corrected chi connectivity index (χ0v) is 17.8. The maximum absolute atomic E-state index is 12.7. The van der Waals surface area contributed by atoms with Crippen molar-refractivity contribution in [3.05, 3.63) is 29.3 Å². The summed E-state index contributed by atoms with van der Waals surface area (Å²) < 4.78 is 1.21. The number of rotatable bonds is 6. The van der Waals surface area contributed by atoms with Crippen molar-refractivity contribution in [2.45, 2.75) is 51.5 Å². The van der Waals surface area contributed by atoms with Gasteiger partial charge < -0.3 is 5.32 Å². The van der Waals surface area contributed by atoms with E-state index in [1.54, 1.807) is 11.3 Å². The lowest BCUT2D eigenvalue weighted by molar-refractivity contribution is -0.124. The first kappa shape index (κ1) is 18.6. The van der Waals surface area contributed by atoms with Gasteiger partial charge in [-0.25, -0.2) is 4.98 Å². The molecule has 0 spiro atoms. The molecule has 0 unspecified atom stereocenters. The van der Waals surface area contributed by atoms with E-state index in [2.05, 4.69) is 35.3 Å². The number of carbonyl (C=O) groups is 1. The Kier molecular flexibility index (Phi) is 4.71. The second kappa shape index (κ2) is 7.10. The fraction of sp³-hybridized carbons (Fsp3) is 0.652. The normalized spacial score (nSPS) is 32.2. The van der Waals surface area contributed by atoms with Crippen molar-refractivity contribution in [3.8, 4) is 0 Å². The van der Waals surface area contributed by atoms with Gasteiger partial charge in [-0.05, 0) is 87.8 Å². The highest BCUT2D eigenvalue weighted by Crippen LogP contribution is 2.59. The summed E-state index contributed by atoms with van der Waals surface area (Å²) in [5.74, 6) is 2.96. The summed E-state index contributed by atoms with van der Waals surface area (Å²) in [5, 5.41) is 4.39. The Balaban J connectivity index is 1.17. The molecule has 4 aliphatic rings. The molecule has 4 nitrogen and oxygen atoms in total.